The zero-order valence-electron chi connectivity index (χ0n) is 12.4. The molecule has 1 spiro atoms. The van der Waals surface area contributed by atoms with E-state index in [1.165, 1.54) is 0 Å². The fourth-order valence-electron chi connectivity index (χ4n) is 3.70. The molecular weight excluding hydrogens is 266 g/mol. The Kier molecular flexibility index (Phi) is 4.10. The molecular formula is C16H23N3O2. The van der Waals surface area contributed by atoms with Crippen LogP contribution < -0.4 is 4.90 Å². The molecule has 1 aromatic heterocycles. The van der Waals surface area contributed by atoms with Crippen molar-refractivity contribution >= 4 is 11.7 Å². The number of rotatable bonds is 3. The van der Waals surface area contributed by atoms with E-state index in [0.717, 1.165) is 44.7 Å². The highest BCUT2D eigenvalue weighted by molar-refractivity contribution is 5.77. The van der Waals surface area contributed by atoms with Crippen molar-refractivity contribution in [2.45, 2.75) is 25.7 Å². The van der Waals surface area contributed by atoms with E-state index in [9.17, 15) is 4.79 Å². The summed E-state index contributed by atoms with van der Waals surface area (Å²) in [5, 5.41) is 9.14. The van der Waals surface area contributed by atoms with Gasteiger partial charge in [0.2, 0.25) is 5.91 Å². The molecule has 0 bridgehead atoms. The predicted octanol–water partition coefficient (Wildman–Crippen LogP) is 1.28. The Morgan fingerprint density at radius 1 is 1.29 bits per heavy atom. The van der Waals surface area contributed by atoms with Gasteiger partial charge in [0.05, 0.1) is 6.61 Å². The van der Waals surface area contributed by atoms with Crippen LogP contribution in [0.4, 0.5) is 5.82 Å². The van der Waals surface area contributed by atoms with Crippen LogP contribution in [-0.4, -0.2) is 53.7 Å². The minimum Gasteiger partial charge on any atom is -0.395 e. The lowest BCUT2D eigenvalue weighted by molar-refractivity contribution is -0.138. The third-order valence-electron chi connectivity index (χ3n) is 4.75. The topological polar surface area (TPSA) is 56.7 Å². The zero-order valence-corrected chi connectivity index (χ0v) is 12.4. The van der Waals surface area contributed by atoms with Gasteiger partial charge in [0, 0.05) is 44.2 Å². The second-order valence-corrected chi connectivity index (χ2v) is 6.25. The largest absolute Gasteiger partial charge is 0.395 e. The molecule has 2 fully saturated rings. The van der Waals surface area contributed by atoms with Crippen LogP contribution in [0.3, 0.4) is 0 Å². The number of piperidine rings is 2. The van der Waals surface area contributed by atoms with Gasteiger partial charge in [0.25, 0.3) is 0 Å². The quantitative estimate of drug-likeness (QED) is 0.911. The maximum absolute atomic E-state index is 12.0. The summed E-state index contributed by atoms with van der Waals surface area (Å²) in [5.41, 5.74) is 0.166. The Labute approximate surface area is 125 Å². The maximum Gasteiger partial charge on any atom is 0.222 e. The molecule has 0 saturated carbocycles. The molecule has 2 aliphatic heterocycles. The molecule has 3 heterocycles. The Hall–Kier alpha value is -1.62. The highest BCUT2D eigenvalue weighted by Gasteiger charge is 2.41. The van der Waals surface area contributed by atoms with Crippen molar-refractivity contribution in [1.29, 1.82) is 0 Å². The summed E-state index contributed by atoms with van der Waals surface area (Å²) in [4.78, 5) is 20.6. The molecule has 1 N–H and O–H groups in total. The average molecular weight is 289 g/mol. The van der Waals surface area contributed by atoms with E-state index in [1.807, 2.05) is 23.2 Å². The van der Waals surface area contributed by atoms with Crippen molar-refractivity contribution in [1.82, 2.24) is 9.88 Å². The Morgan fingerprint density at radius 2 is 2.19 bits per heavy atom. The molecule has 3 rings (SSSR count). The van der Waals surface area contributed by atoms with Gasteiger partial charge in [0.1, 0.15) is 5.82 Å². The summed E-state index contributed by atoms with van der Waals surface area (Å²) in [7, 11) is 0. The SMILES string of the molecule is O=C1CCC2(CCCN(c3ccccn3)C2)CN1CCO. The number of aliphatic hydroxyl groups excluding tert-OH is 1. The molecule has 1 atom stereocenters. The van der Waals surface area contributed by atoms with Gasteiger partial charge in [-0.2, -0.15) is 0 Å². The van der Waals surface area contributed by atoms with Gasteiger partial charge in [-0.1, -0.05) is 6.07 Å². The first-order chi connectivity index (χ1) is 10.2. The summed E-state index contributed by atoms with van der Waals surface area (Å²) in [6, 6.07) is 6.01. The van der Waals surface area contributed by atoms with E-state index in [2.05, 4.69) is 16.0 Å². The second-order valence-electron chi connectivity index (χ2n) is 6.25. The Bertz CT molecular complexity index is 494. The van der Waals surface area contributed by atoms with E-state index in [4.69, 9.17) is 5.11 Å². The highest BCUT2D eigenvalue weighted by atomic mass is 16.3. The number of aromatic nitrogens is 1. The van der Waals surface area contributed by atoms with Gasteiger partial charge in [-0.3, -0.25) is 4.79 Å². The van der Waals surface area contributed by atoms with Crippen LogP contribution in [0.5, 0.6) is 0 Å². The number of hydrogen-bond acceptors (Lipinski definition) is 4. The Balaban J connectivity index is 1.74. The number of nitrogens with zero attached hydrogens (tertiary/aromatic N) is 3. The lowest BCUT2D eigenvalue weighted by atomic mass is 9.73. The lowest BCUT2D eigenvalue weighted by Gasteiger charge is -2.48. The van der Waals surface area contributed by atoms with Crippen molar-refractivity contribution in [2.24, 2.45) is 5.41 Å². The van der Waals surface area contributed by atoms with Gasteiger partial charge in [-0.15, -0.1) is 0 Å². The van der Waals surface area contributed by atoms with Gasteiger partial charge in [-0.25, -0.2) is 4.98 Å². The first-order valence-electron chi connectivity index (χ1n) is 7.77. The fraction of sp³-hybridized carbons (Fsp3) is 0.625. The van der Waals surface area contributed by atoms with Crippen LogP contribution in [0.25, 0.3) is 0 Å². The Morgan fingerprint density at radius 3 is 2.95 bits per heavy atom. The smallest absolute Gasteiger partial charge is 0.222 e. The fourth-order valence-corrected chi connectivity index (χ4v) is 3.70. The maximum atomic E-state index is 12.0. The zero-order chi connectivity index (χ0) is 14.7. The van der Waals surface area contributed by atoms with Gasteiger partial charge >= 0.3 is 0 Å². The van der Waals surface area contributed by atoms with Gasteiger partial charge in [0.15, 0.2) is 0 Å². The number of β-amino-alcohol motifs (C(OH)–C–C–N with tert-alkyl or cyclic N) is 1. The molecule has 1 amide bonds. The molecule has 1 aromatic rings. The van der Waals surface area contributed by atoms with Crippen LogP contribution in [0, 0.1) is 5.41 Å². The van der Waals surface area contributed by atoms with Crippen LogP contribution in [-0.2, 0) is 4.79 Å². The summed E-state index contributed by atoms with van der Waals surface area (Å²) >= 11 is 0. The molecule has 5 heteroatoms. The van der Waals surface area contributed by atoms with Gasteiger partial charge in [-0.05, 0) is 31.4 Å². The molecule has 114 valence electrons. The summed E-state index contributed by atoms with van der Waals surface area (Å²) < 4.78 is 0. The van der Waals surface area contributed by atoms with Crippen LogP contribution in [0.15, 0.2) is 24.4 Å². The van der Waals surface area contributed by atoms with Gasteiger partial charge < -0.3 is 14.9 Å². The molecule has 0 radical (unpaired) electrons. The third-order valence-corrected chi connectivity index (χ3v) is 4.75. The van der Waals surface area contributed by atoms with Crippen molar-refractivity contribution < 1.29 is 9.90 Å². The molecule has 2 saturated heterocycles. The third kappa shape index (κ3) is 3.02. The number of carbonyl (C=O) groups is 1. The summed E-state index contributed by atoms with van der Waals surface area (Å²) in [6.45, 7) is 3.28. The average Bonchev–Trinajstić information content (AvgIpc) is 2.53. The van der Waals surface area contributed by atoms with Crippen molar-refractivity contribution in [3.05, 3.63) is 24.4 Å². The predicted molar refractivity (Wildman–Crippen MR) is 81.0 cm³/mol. The monoisotopic (exact) mass is 289 g/mol. The van der Waals surface area contributed by atoms with E-state index in [-0.39, 0.29) is 17.9 Å². The normalized spacial score (nSPS) is 26.4. The molecule has 0 aromatic carbocycles. The number of carbonyl (C=O) groups excluding carboxylic acids is 1. The number of aliphatic hydroxyl groups is 1. The van der Waals surface area contributed by atoms with Crippen LogP contribution in [0.1, 0.15) is 25.7 Å². The van der Waals surface area contributed by atoms with Crippen molar-refractivity contribution in [3.8, 4) is 0 Å². The number of likely N-dealkylation sites (tertiary alicyclic amines) is 1. The molecule has 2 aliphatic rings. The van der Waals surface area contributed by atoms with Crippen molar-refractivity contribution in [3.63, 3.8) is 0 Å². The van der Waals surface area contributed by atoms with E-state index in [1.54, 1.807) is 0 Å². The lowest BCUT2D eigenvalue weighted by Crippen LogP contribution is -2.54. The first kappa shape index (κ1) is 14.3. The van der Waals surface area contributed by atoms with Crippen molar-refractivity contribution in [2.75, 3.05) is 37.7 Å². The highest BCUT2D eigenvalue weighted by Crippen LogP contribution is 2.39. The minimum absolute atomic E-state index is 0.0474. The van der Waals surface area contributed by atoms with Crippen LogP contribution >= 0.6 is 0 Å². The minimum atomic E-state index is 0.0474. The van der Waals surface area contributed by atoms with Crippen LogP contribution in [0.2, 0.25) is 0 Å². The second kappa shape index (κ2) is 6.02. The number of anilines is 1. The first-order valence-corrected chi connectivity index (χ1v) is 7.77. The molecule has 5 nitrogen and oxygen atoms in total. The number of pyridine rings is 1. The van der Waals surface area contributed by atoms with E-state index in [0.29, 0.717) is 13.0 Å². The molecule has 0 aliphatic carbocycles. The molecule has 21 heavy (non-hydrogen) atoms. The molecule has 1 unspecified atom stereocenters. The number of hydrogen-bond donors (Lipinski definition) is 1. The van der Waals surface area contributed by atoms with E-state index < -0.39 is 0 Å². The standard InChI is InChI=1S/C16H23N3O2/c20-11-10-19-13-16(7-5-15(19)21)6-3-9-18(12-16)14-4-1-2-8-17-14/h1-2,4,8,20H,3,5-7,9-13H2. The summed E-state index contributed by atoms with van der Waals surface area (Å²) in [5.74, 6) is 1.21. The van der Waals surface area contributed by atoms with E-state index >= 15 is 0 Å². The number of amides is 1. The summed E-state index contributed by atoms with van der Waals surface area (Å²) in [6.07, 6.45) is 5.69.